The quantitative estimate of drug-likeness (QED) is 0.490. The number of rotatable bonds is 8. The van der Waals surface area contributed by atoms with E-state index in [9.17, 15) is 18.3 Å². The van der Waals surface area contributed by atoms with Crippen LogP contribution in [-0.4, -0.2) is 49.8 Å². The van der Waals surface area contributed by atoms with Gasteiger partial charge in [0.05, 0.1) is 12.0 Å². The Morgan fingerprint density at radius 1 is 1.09 bits per heavy atom. The molecule has 1 saturated carbocycles. The van der Waals surface area contributed by atoms with Crippen LogP contribution in [0, 0.1) is 5.92 Å². The zero-order valence-electron chi connectivity index (χ0n) is 21.0. The van der Waals surface area contributed by atoms with Crippen LogP contribution in [-0.2, 0) is 16.6 Å². The van der Waals surface area contributed by atoms with E-state index in [1.165, 1.54) is 12.1 Å². The Kier molecular flexibility index (Phi) is 8.46. The van der Waals surface area contributed by atoms with Gasteiger partial charge in [-0.15, -0.1) is 0 Å². The first kappa shape index (κ1) is 27.0. The van der Waals surface area contributed by atoms with Crippen LogP contribution in [0.5, 0.6) is 5.75 Å². The van der Waals surface area contributed by atoms with Gasteiger partial charge in [0, 0.05) is 30.2 Å². The summed E-state index contributed by atoms with van der Waals surface area (Å²) in [5.74, 6) is 1.17. The maximum absolute atomic E-state index is 11.7. The number of ether oxygens (including phenoxy) is 1. The Balaban J connectivity index is 1.61. The molecular weight excluding hydrogens is 466 g/mol. The first-order valence-corrected chi connectivity index (χ1v) is 13.5. The van der Waals surface area contributed by atoms with Crippen molar-refractivity contribution in [1.29, 1.82) is 0 Å². The van der Waals surface area contributed by atoms with Crippen molar-refractivity contribution in [3.8, 4) is 16.9 Å². The van der Waals surface area contributed by atoms with Crippen molar-refractivity contribution < 1.29 is 23.1 Å². The summed E-state index contributed by atoms with van der Waals surface area (Å²) in [6, 6.07) is 12.8. The Morgan fingerprint density at radius 2 is 1.69 bits per heavy atom. The molecule has 0 aliphatic heterocycles. The SMILES string of the molecule is COc1ccc(-c2ccc(S(N)(=O)=O)cc2)cc1CNC1CCC(CN(C(=O)O)C(C)(C)C)CC1. The fraction of sp³-hybridized carbons (Fsp3) is 0.500. The lowest BCUT2D eigenvalue weighted by Gasteiger charge is -2.38. The summed E-state index contributed by atoms with van der Waals surface area (Å²) in [5.41, 5.74) is 2.47. The number of primary sulfonamides is 1. The third-order valence-corrected chi connectivity index (χ3v) is 7.64. The summed E-state index contributed by atoms with van der Waals surface area (Å²) in [4.78, 5) is 13.3. The highest BCUT2D eigenvalue weighted by Crippen LogP contribution is 2.30. The number of benzene rings is 2. The zero-order chi connectivity index (χ0) is 25.8. The van der Waals surface area contributed by atoms with Crippen molar-refractivity contribution in [2.45, 2.75) is 69.5 Å². The monoisotopic (exact) mass is 503 g/mol. The Hall–Kier alpha value is -2.62. The molecule has 1 aliphatic carbocycles. The molecule has 0 bridgehead atoms. The molecule has 9 heteroatoms. The molecule has 0 atom stereocenters. The van der Waals surface area contributed by atoms with Gasteiger partial charge < -0.3 is 20.1 Å². The van der Waals surface area contributed by atoms with Crippen molar-refractivity contribution >= 4 is 16.1 Å². The highest BCUT2D eigenvalue weighted by atomic mass is 32.2. The van der Waals surface area contributed by atoms with Crippen molar-refractivity contribution in [2.24, 2.45) is 11.1 Å². The van der Waals surface area contributed by atoms with Crippen LogP contribution in [0.3, 0.4) is 0 Å². The van der Waals surface area contributed by atoms with Gasteiger partial charge in [-0.3, -0.25) is 0 Å². The molecule has 0 spiro atoms. The number of hydrogen-bond donors (Lipinski definition) is 3. The lowest BCUT2D eigenvalue weighted by Crippen LogP contribution is -2.48. The summed E-state index contributed by atoms with van der Waals surface area (Å²) >= 11 is 0. The summed E-state index contributed by atoms with van der Waals surface area (Å²) in [6.07, 6.45) is 3.12. The minimum atomic E-state index is -3.73. The molecule has 2 aromatic carbocycles. The van der Waals surface area contributed by atoms with Gasteiger partial charge in [0.1, 0.15) is 5.75 Å². The standard InChI is InChI=1S/C26H37N3O5S/c1-26(2,3)29(25(30)31)17-18-5-10-22(11-6-18)28-16-21-15-20(9-14-24(21)34-4)19-7-12-23(13-8-19)35(27,32)33/h7-9,12-15,18,22,28H,5-6,10-11,16-17H2,1-4H3,(H,30,31)(H2,27,32,33). The van der Waals surface area contributed by atoms with Crippen LogP contribution in [0.4, 0.5) is 4.79 Å². The number of hydrogen-bond acceptors (Lipinski definition) is 5. The van der Waals surface area contributed by atoms with Gasteiger partial charge in [-0.1, -0.05) is 18.2 Å². The maximum atomic E-state index is 11.7. The smallest absolute Gasteiger partial charge is 0.407 e. The molecule has 0 aromatic heterocycles. The predicted molar refractivity (Wildman–Crippen MR) is 137 cm³/mol. The first-order valence-electron chi connectivity index (χ1n) is 11.9. The topological polar surface area (TPSA) is 122 Å². The highest BCUT2D eigenvalue weighted by molar-refractivity contribution is 7.89. The molecule has 3 rings (SSSR count). The third kappa shape index (κ3) is 7.19. The van der Waals surface area contributed by atoms with E-state index in [2.05, 4.69) is 11.4 Å². The number of carboxylic acid groups (broad SMARTS) is 1. The number of carbonyl (C=O) groups is 1. The predicted octanol–water partition coefficient (Wildman–Crippen LogP) is 4.44. The summed E-state index contributed by atoms with van der Waals surface area (Å²) in [7, 11) is -2.08. The van der Waals surface area contributed by atoms with E-state index in [4.69, 9.17) is 9.88 Å². The maximum Gasteiger partial charge on any atom is 0.407 e. The van der Waals surface area contributed by atoms with Crippen LogP contribution < -0.4 is 15.2 Å². The van der Waals surface area contributed by atoms with Gasteiger partial charge in [-0.2, -0.15) is 0 Å². The lowest BCUT2D eigenvalue weighted by atomic mass is 9.85. The van der Waals surface area contributed by atoms with E-state index in [1.54, 1.807) is 24.1 Å². The number of methoxy groups -OCH3 is 1. The highest BCUT2D eigenvalue weighted by Gasteiger charge is 2.30. The lowest BCUT2D eigenvalue weighted by molar-refractivity contribution is 0.0812. The number of sulfonamides is 1. The van der Waals surface area contributed by atoms with Crippen molar-refractivity contribution in [3.63, 3.8) is 0 Å². The van der Waals surface area contributed by atoms with Gasteiger partial charge in [0.15, 0.2) is 0 Å². The number of nitrogens with one attached hydrogen (secondary N) is 1. The van der Waals surface area contributed by atoms with Crippen LogP contribution in [0.25, 0.3) is 11.1 Å². The molecule has 8 nitrogen and oxygen atoms in total. The minimum Gasteiger partial charge on any atom is -0.496 e. The van der Waals surface area contributed by atoms with E-state index in [0.29, 0.717) is 25.0 Å². The van der Waals surface area contributed by atoms with E-state index >= 15 is 0 Å². The first-order chi connectivity index (χ1) is 16.4. The van der Waals surface area contributed by atoms with Crippen molar-refractivity contribution in [2.75, 3.05) is 13.7 Å². The Labute approximate surface area is 208 Å². The second kappa shape index (κ2) is 11.0. The summed E-state index contributed by atoms with van der Waals surface area (Å²) in [6.45, 7) is 7.02. The molecule has 2 aromatic rings. The van der Waals surface area contributed by atoms with E-state index in [0.717, 1.165) is 48.1 Å². The van der Waals surface area contributed by atoms with E-state index < -0.39 is 21.7 Å². The fourth-order valence-electron chi connectivity index (χ4n) is 4.63. The average Bonchev–Trinajstić information content (AvgIpc) is 2.80. The molecule has 0 heterocycles. The molecular formula is C26H37N3O5S. The Morgan fingerprint density at radius 3 is 2.20 bits per heavy atom. The van der Waals surface area contributed by atoms with Crippen LogP contribution in [0.1, 0.15) is 52.0 Å². The molecule has 35 heavy (non-hydrogen) atoms. The molecule has 4 N–H and O–H groups in total. The van der Waals surface area contributed by atoms with Crippen molar-refractivity contribution in [3.05, 3.63) is 48.0 Å². The molecule has 192 valence electrons. The van der Waals surface area contributed by atoms with Gasteiger partial charge >= 0.3 is 6.09 Å². The summed E-state index contributed by atoms with van der Waals surface area (Å²) < 4.78 is 28.6. The molecule has 0 saturated heterocycles. The fourth-order valence-corrected chi connectivity index (χ4v) is 5.15. The number of nitrogens with zero attached hydrogens (tertiary/aromatic N) is 1. The molecule has 0 unspecified atom stereocenters. The second-order valence-corrected chi connectivity index (χ2v) is 11.8. The van der Waals surface area contributed by atoms with E-state index in [1.807, 2.05) is 32.9 Å². The van der Waals surface area contributed by atoms with Gasteiger partial charge in [0.2, 0.25) is 10.0 Å². The van der Waals surface area contributed by atoms with E-state index in [-0.39, 0.29) is 4.90 Å². The second-order valence-electron chi connectivity index (χ2n) is 10.3. The normalized spacial score (nSPS) is 18.8. The van der Waals surface area contributed by atoms with Gasteiger partial charge in [0.25, 0.3) is 0 Å². The van der Waals surface area contributed by atoms with Gasteiger partial charge in [-0.05, 0) is 87.8 Å². The third-order valence-electron chi connectivity index (χ3n) is 6.71. The summed E-state index contributed by atoms with van der Waals surface area (Å²) in [5, 5.41) is 18.4. The largest absolute Gasteiger partial charge is 0.496 e. The minimum absolute atomic E-state index is 0.0845. The van der Waals surface area contributed by atoms with Crippen LogP contribution in [0.15, 0.2) is 47.4 Å². The molecule has 0 radical (unpaired) electrons. The molecule has 1 fully saturated rings. The van der Waals surface area contributed by atoms with Crippen molar-refractivity contribution in [1.82, 2.24) is 10.2 Å². The molecule has 1 aliphatic rings. The Bertz CT molecular complexity index is 1120. The van der Waals surface area contributed by atoms with Crippen LogP contribution >= 0.6 is 0 Å². The zero-order valence-corrected chi connectivity index (χ0v) is 21.8. The number of nitrogens with two attached hydrogens (primary N) is 1. The van der Waals surface area contributed by atoms with Crippen LogP contribution in [0.2, 0.25) is 0 Å². The molecule has 1 amide bonds. The number of amides is 1. The average molecular weight is 504 g/mol. The van der Waals surface area contributed by atoms with Gasteiger partial charge in [-0.25, -0.2) is 18.4 Å².